The SMILES string of the molecule is CC=CCc1cc(O)ccc1C. The molecule has 0 spiro atoms. The summed E-state index contributed by atoms with van der Waals surface area (Å²) in [6, 6.07) is 5.47. The van der Waals surface area contributed by atoms with Crippen LogP contribution in [0, 0.1) is 6.92 Å². The number of phenols is 1. The van der Waals surface area contributed by atoms with E-state index < -0.39 is 0 Å². The van der Waals surface area contributed by atoms with Crippen molar-refractivity contribution in [2.75, 3.05) is 0 Å². The van der Waals surface area contributed by atoms with Crippen molar-refractivity contribution in [3.05, 3.63) is 41.5 Å². The maximum absolute atomic E-state index is 9.21. The van der Waals surface area contributed by atoms with E-state index >= 15 is 0 Å². The highest BCUT2D eigenvalue weighted by molar-refractivity contribution is 5.35. The molecule has 1 heteroatoms. The Hall–Kier alpha value is -1.24. The van der Waals surface area contributed by atoms with Crippen molar-refractivity contribution in [1.82, 2.24) is 0 Å². The molecule has 0 unspecified atom stereocenters. The monoisotopic (exact) mass is 162 g/mol. The highest BCUT2D eigenvalue weighted by Gasteiger charge is 1.96. The Kier molecular flexibility index (Phi) is 2.92. The Labute approximate surface area is 73.4 Å². The molecule has 0 bridgehead atoms. The Morgan fingerprint density at radius 1 is 1.42 bits per heavy atom. The molecular formula is C11H14O. The largest absolute Gasteiger partial charge is 0.508 e. The van der Waals surface area contributed by atoms with E-state index in [1.54, 1.807) is 6.07 Å². The van der Waals surface area contributed by atoms with Gasteiger partial charge in [0.1, 0.15) is 5.75 Å². The molecule has 0 aliphatic rings. The number of phenolic OH excluding ortho intramolecular Hbond substituents is 1. The van der Waals surface area contributed by atoms with E-state index in [1.165, 1.54) is 11.1 Å². The summed E-state index contributed by atoms with van der Waals surface area (Å²) in [6.07, 6.45) is 5.00. The van der Waals surface area contributed by atoms with Crippen LogP contribution in [-0.4, -0.2) is 5.11 Å². The molecule has 0 aromatic heterocycles. The molecule has 0 saturated carbocycles. The van der Waals surface area contributed by atoms with Gasteiger partial charge in [-0.2, -0.15) is 0 Å². The molecule has 1 rings (SSSR count). The number of benzene rings is 1. The summed E-state index contributed by atoms with van der Waals surface area (Å²) in [7, 11) is 0. The molecule has 0 fully saturated rings. The van der Waals surface area contributed by atoms with Crippen molar-refractivity contribution in [2.24, 2.45) is 0 Å². The molecule has 64 valence electrons. The summed E-state index contributed by atoms with van der Waals surface area (Å²) in [5.74, 6) is 0.347. The normalized spacial score (nSPS) is 10.8. The van der Waals surface area contributed by atoms with Gasteiger partial charge in [0.2, 0.25) is 0 Å². The zero-order valence-corrected chi connectivity index (χ0v) is 7.54. The van der Waals surface area contributed by atoms with E-state index in [1.807, 2.05) is 25.1 Å². The average Bonchev–Trinajstić information content (AvgIpc) is 2.07. The van der Waals surface area contributed by atoms with Crippen molar-refractivity contribution in [2.45, 2.75) is 20.3 Å². The molecule has 0 saturated heterocycles. The maximum atomic E-state index is 9.21. The van der Waals surface area contributed by atoms with Crippen molar-refractivity contribution >= 4 is 0 Å². The summed E-state index contributed by atoms with van der Waals surface area (Å²) in [4.78, 5) is 0. The van der Waals surface area contributed by atoms with Crippen molar-refractivity contribution in [3.63, 3.8) is 0 Å². The molecule has 12 heavy (non-hydrogen) atoms. The second-order valence-electron chi connectivity index (χ2n) is 2.88. The second kappa shape index (κ2) is 3.96. The van der Waals surface area contributed by atoms with Gasteiger partial charge in [-0.05, 0) is 43.5 Å². The van der Waals surface area contributed by atoms with Gasteiger partial charge >= 0.3 is 0 Å². The van der Waals surface area contributed by atoms with Gasteiger partial charge in [0.05, 0.1) is 0 Å². The molecule has 0 atom stereocenters. The third-order valence-electron chi connectivity index (χ3n) is 1.91. The first-order chi connectivity index (χ1) is 5.74. The van der Waals surface area contributed by atoms with E-state index in [9.17, 15) is 5.11 Å². The minimum atomic E-state index is 0.347. The smallest absolute Gasteiger partial charge is 0.115 e. The van der Waals surface area contributed by atoms with E-state index in [0.717, 1.165) is 6.42 Å². The zero-order chi connectivity index (χ0) is 8.97. The van der Waals surface area contributed by atoms with Gasteiger partial charge < -0.3 is 5.11 Å². The van der Waals surface area contributed by atoms with Crippen LogP contribution in [0.15, 0.2) is 30.4 Å². The fraction of sp³-hybridized carbons (Fsp3) is 0.273. The van der Waals surface area contributed by atoms with Crippen LogP contribution in [0.3, 0.4) is 0 Å². The number of hydrogen-bond donors (Lipinski definition) is 1. The molecule has 0 heterocycles. The van der Waals surface area contributed by atoms with E-state index in [0.29, 0.717) is 5.75 Å². The van der Waals surface area contributed by atoms with Crippen LogP contribution in [-0.2, 0) is 6.42 Å². The third-order valence-corrected chi connectivity index (χ3v) is 1.91. The Morgan fingerprint density at radius 2 is 2.17 bits per heavy atom. The quantitative estimate of drug-likeness (QED) is 0.663. The van der Waals surface area contributed by atoms with Crippen molar-refractivity contribution < 1.29 is 5.11 Å². The minimum Gasteiger partial charge on any atom is -0.508 e. The first-order valence-corrected chi connectivity index (χ1v) is 4.13. The predicted molar refractivity (Wildman–Crippen MR) is 51.4 cm³/mol. The summed E-state index contributed by atoms with van der Waals surface area (Å²) in [5.41, 5.74) is 2.42. The highest BCUT2D eigenvalue weighted by atomic mass is 16.3. The summed E-state index contributed by atoms with van der Waals surface area (Å²) >= 11 is 0. The van der Waals surface area contributed by atoms with Gasteiger partial charge in [-0.15, -0.1) is 0 Å². The zero-order valence-electron chi connectivity index (χ0n) is 7.54. The van der Waals surface area contributed by atoms with Crippen LogP contribution in [0.25, 0.3) is 0 Å². The summed E-state index contributed by atoms with van der Waals surface area (Å²) < 4.78 is 0. The van der Waals surface area contributed by atoms with E-state index in [2.05, 4.69) is 13.0 Å². The van der Waals surface area contributed by atoms with Crippen molar-refractivity contribution in [1.29, 1.82) is 0 Å². The predicted octanol–water partition coefficient (Wildman–Crippen LogP) is 2.82. The van der Waals surface area contributed by atoms with Crippen molar-refractivity contribution in [3.8, 4) is 5.75 Å². The third kappa shape index (κ3) is 2.12. The average molecular weight is 162 g/mol. The van der Waals surface area contributed by atoms with E-state index in [-0.39, 0.29) is 0 Å². The number of rotatable bonds is 2. The van der Waals surface area contributed by atoms with Crippen LogP contribution in [0.4, 0.5) is 0 Å². The van der Waals surface area contributed by atoms with Crippen LogP contribution in [0.1, 0.15) is 18.1 Å². The lowest BCUT2D eigenvalue weighted by Crippen LogP contribution is -1.85. The Morgan fingerprint density at radius 3 is 2.83 bits per heavy atom. The van der Waals surface area contributed by atoms with Gasteiger partial charge in [0.15, 0.2) is 0 Å². The first-order valence-electron chi connectivity index (χ1n) is 4.13. The van der Waals surface area contributed by atoms with Crippen LogP contribution >= 0.6 is 0 Å². The fourth-order valence-electron chi connectivity index (χ4n) is 1.12. The number of aromatic hydroxyl groups is 1. The van der Waals surface area contributed by atoms with Gasteiger partial charge in [-0.1, -0.05) is 18.2 Å². The highest BCUT2D eigenvalue weighted by Crippen LogP contribution is 2.16. The Bertz CT molecular complexity index is 287. The maximum Gasteiger partial charge on any atom is 0.115 e. The lowest BCUT2D eigenvalue weighted by molar-refractivity contribution is 0.474. The molecule has 1 nitrogen and oxygen atoms in total. The molecule has 1 aromatic rings. The molecule has 0 aliphatic carbocycles. The number of hydrogen-bond acceptors (Lipinski definition) is 1. The minimum absolute atomic E-state index is 0.347. The van der Waals surface area contributed by atoms with E-state index in [4.69, 9.17) is 0 Å². The van der Waals surface area contributed by atoms with Crippen LogP contribution in [0.5, 0.6) is 5.75 Å². The molecule has 0 aliphatic heterocycles. The molecule has 1 N–H and O–H groups in total. The topological polar surface area (TPSA) is 20.2 Å². The molecule has 0 radical (unpaired) electrons. The van der Waals surface area contributed by atoms with Gasteiger partial charge in [-0.3, -0.25) is 0 Å². The van der Waals surface area contributed by atoms with Crippen LogP contribution in [0.2, 0.25) is 0 Å². The number of aryl methyl sites for hydroxylation is 1. The molecule has 1 aromatic carbocycles. The van der Waals surface area contributed by atoms with Crippen LogP contribution < -0.4 is 0 Å². The number of allylic oxidation sites excluding steroid dienone is 2. The second-order valence-corrected chi connectivity index (χ2v) is 2.88. The fourth-order valence-corrected chi connectivity index (χ4v) is 1.12. The lowest BCUT2D eigenvalue weighted by atomic mass is 10.1. The van der Waals surface area contributed by atoms with Gasteiger partial charge in [-0.25, -0.2) is 0 Å². The standard InChI is InChI=1S/C11H14O/c1-3-4-5-10-8-11(12)7-6-9(10)2/h3-4,6-8,12H,5H2,1-2H3. The lowest BCUT2D eigenvalue weighted by Gasteiger charge is -2.02. The van der Waals surface area contributed by atoms with Gasteiger partial charge in [0.25, 0.3) is 0 Å². The summed E-state index contributed by atoms with van der Waals surface area (Å²) in [6.45, 7) is 4.05. The van der Waals surface area contributed by atoms with Gasteiger partial charge in [0, 0.05) is 0 Å². The molecular weight excluding hydrogens is 148 g/mol. The first kappa shape index (κ1) is 8.85. The molecule has 0 amide bonds. The summed E-state index contributed by atoms with van der Waals surface area (Å²) in [5, 5.41) is 9.21. The Balaban J connectivity index is 2.89.